The first-order valence-electron chi connectivity index (χ1n) is 10.1. The highest BCUT2D eigenvalue weighted by molar-refractivity contribution is 14.0. The highest BCUT2D eigenvalue weighted by atomic mass is 127. The topological polar surface area (TPSA) is 52.1 Å². The van der Waals surface area contributed by atoms with E-state index >= 15 is 0 Å². The number of hydrogen-bond donors (Lipinski definition) is 2. The van der Waals surface area contributed by atoms with Crippen LogP contribution >= 0.6 is 24.0 Å². The molecule has 6 nitrogen and oxygen atoms in total. The Hall–Kier alpha value is -0.900. The third-order valence-corrected chi connectivity index (χ3v) is 4.80. The molecular formula is C21H40IN5O. The molecule has 1 aromatic rings. The zero-order valence-electron chi connectivity index (χ0n) is 18.3. The van der Waals surface area contributed by atoms with Gasteiger partial charge < -0.3 is 20.3 Å². The van der Waals surface area contributed by atoms with Gasteiger partial charge >= 0.3 is 0 Å². The molecule has 0 heterocycles. The Labute approximate surface area is 189 Å². The molecule has 1 aromatic carbocycles. The third-order valence-electron chi connectivity index (χ3n) is 4.80. The Morgan fingerprint density at radius 2 is 1.79 bits per heavy atom. The van der Waals surface area contributed by atoms with Crippen molar-refractivity contribution >= 4 is 29.9 Å². The molecule has 0 aliphatic carbocycles. The van der Waals surface area contributed by atoms with Crippen molar-refractivity contribution in [1.82, 2.24) is 20.4 Å². The van der Waals surface area contributed by atoms with Crippen molar-refractivity contribution in [2.24, 2.45) is 4.99 Å². The molecule has 1 rings (SSSR count). The van der Waals surface area contributed by atoms with Crippen molar-refractivity contribution in [3.8, 4) is 0 Å². The molecule has 0 radical (unpaired) electrons. The number of hydrogen-bond acceptors (Lipinski definition) is 4. The minimum absolute atomic E-state index is 0. The summed E-state index contributed by atoms with van der Waals surface area (Å²) in [5.41, 5.74) is 1.34. The van der Waals surface area contributed by atoms with Crippen LogP contribution in [0.15, 0.2) is 35.3 Å². The van der Waals surface area contributed by atoms with Gasteiger partial charge in [-0.3, -0.25) is 9.89 Å². The van der Waals surface area contributed by atoms with Gasteiger partial charge in [-0.1, -0.05) is 44.2 Å². The minimum atomic E-state index is 0. The van der Waals surface area contributed by atoms with Crippen LogP contribution in [0, 0.1) is 0 Å². The number of rotatable bonds is 13. The third kappa shape index (κ3) is 10.6. The normalized spacial score (nSPS) is 12.8. The molecule has 7 heteroatoms. The maximum Gasteiger partial charge on any atom is 0.191 e. The number of ether oxygens (including phenoxy) is 1. The lowest BCUT2D eigenvalue weighted by Crippen LogP contribution is -2.45. The minimum Gasteiger partial charge on any atom is -0.385 e. The standard InChI is InChI=1S/C21H39N5O.HI/c1-6-26(7-2)20(19-12-9-8-10-13-19)18-24-21(22-3)23-14-16-25(4)15-11-17-27-5;/h8-10,12-13,20H,6-7,11,14-18H2,1-5H3,(H2,22,23,24);1H. The molecule has 0 bridgehead atoms. The van der Waals surface area contributed by atoms with Gasteiger partial charge in [0.2, 0.25) is 0 Å². The van der Waals surface area contributed by atoms with Crippen LogP contribution in [0.5, 0.6) is 0 Å². The number of methoxy groups -OCH3 is 1. The lowest BCUT2D eigenvalue weighted by atomic mass is 10.1. The van der Waals surface area contributed by atoms with Crippen LogP contribution in [-0.2, 0) is 4.74 Å². The molecule has 1 unspecified atom stereocenters. The number of nitrogens with zero attached hydrogens (tertiary/aromatic N) is 3. The second kappa shape index (κ2) is 17.0. The van der Waals surface area contributed by atoms with Crippen LogP contribution < -0.4 is 10.6 Å². The summed E-state index contributed by atoms with van der Waals surface area (Å²) < 4.78 is 5.11. The monoisotopic (exact) mass is 505 g/mol. The van der Waals surface area contributed by atoms with Gasteiger partial charge in [-0.25, -0.2) is 0 Å². The van der Waals surface area contributed by atoms with Gasteiger partial charge in [-0.15, -0.1) is 24.0 Å². The summed E-state index contributed by atoms with van der Waals surface area (Å²) in [6, 6.07) is 11.0. The van der Waals surface area contributed by atoms with Crippen molar-refractivity contribution < 1.29 is 4.74 Å². The summed E-state index contributed by atoms with van der Waals surface area (Å²) in [6.07, 6.45) is 1.06. The number of guanidine groups is 1. The average Bonchev–Trinajstić information content (AvgIpc) is 2.70. The summed E-state index contributed by atoms with van der Waals surface area (Å²) in [5, 5.41) is 6.92. The van der Waals surface area contributed by atoms with Gasteiger partial charge in [0.25, 0.3) is 0 Å². The molecule has 0 saturated heterocycles. The average molecular weight is 505 g/mol. The van der Waals surface area contributed by atoms with Crippen LogP contribution in [0.2, 0.25) is 0 Å². The largest absolute Gasteiger partial charge is 0.385 e. The van der Waals surface area contributed by atoms with E-state index in [0.717, 1.165) is 58.3 Å². The van der Waals surface area contributed by atoms with Crippen molar-refractivity contribution in [2.75, 3.05) is 67.1 Å². The van der Waals surface area contributed by atoms with Crippen molar-refractivity contribution in [3.63, 3.8) is 0 Å². The summed E-state index contributed by atoms with van der Waals surface area (Å²) in [7, 11) is 5.71. The highest BCUT2D eigenvalue weighted by Crippen LogP contribution is 2.19. The first kappa shape index (κ1) is 27.1. The van der Waals surface area contributed by atoms with E-state index in [9.17, 15) is 0 Å². The Morgan fingerprint density at radius 1 is 1.11 bits per heavy atom. The first-order valence-corrected chi connectivity index (χ1v) is 10.1. The van der Waals surface area contributed by atoms with Crippen LogP contribution in [0.3, 0.4) is 0 Å². The molecule has 0 aliphatic heterocycles. The molecule has 0 aliphatic rings. The quantitative estimate of drug-likeness (QED) is 0.187. The van der Waals surface area contributed by atoms with E-state index in [2.05, 4.69) is 76.7 Å². The SMILES string of the molecule is CCN(CC)C(CNC(=NC)NCCN(C)CCCOC)c1ccccc1.I. The number of likely N-dealkylation sites (N-methyl/N-ethyl adjacent to an activating group) is 2. The van der Waals surface area contributed by atoms with Crippen molar-refractivity contribution in [3.05, 3.63) is 35.9 Å². The predicted molar refractivity (Wildman–Crippen MR) is 131 cm³/mol. The Balaban J connectivity index is 0.00000729. The Bertz CT molecular complexity index is 511. The van der Waals surface area contributed by atoms with Crippen LogP contribution in [-0.4, -0.2) is 82.8 Å². The summed E-state index contributed by atoms with van der Waals surface area (Å²) in [4.78, 5) is 9.15. The molecule has 0 spiro atoms. The van der Waals surface area contributed by atoms with Gasteiger partial charge in [-0.2, -0.15) is 0 Å². The summed E-state index contributed by atoms with van der Waals surface area (Å²) in [6.45, 7) is 11.0. The highest BCUT2D eigenvalue weighted by Gasteiger charge is 2.18. The van der Waals surface area contributed by atoms with Gasteiger partial charge in [0.1, 0.15) is 0 Å². The van der Waals surface area contributed by atoms with Gasteiger partial charge in [0.15, 0.2) is 5.96 Å². The number of benzene rings is 1. The van der Waals surface area contributed by atoms with Crippen LogP contribution in [0.1, 0.15) is 31.9 Å². The zero-order chi connectivity index (χ0) is 19.9. The molecule has 0 amide bonds. The van der Waals surface area contributed by atoms with E-state index in [-0.39, 0.29) is 24.0 Å². The predicted octanol–water partition coefficient (Wildman–Crippen LogP) is 2.82. The van der Waals surface area contributed by atoms with E-state index in [1.54, 1.807) is 7.11 Å². The smallest absolute Gasteiger partial charge is 0.191 e. The van der Waals surface area contributed by atoms with Crippen LogP contribution in [0.4, 0.5) is 0 Å². The Morgan fingerprint density at radius 3 is 2.36 bits per heavy atom. The van der Waals surface area contributed by atoms with E-state index < -0.39 is 0 Å². The first-order chi connectivity index (χ1) is 13.2. The molecule has 0 saturated carbocycles. The molecule has 0 fully saturated rings. The molecule has 1 atom stereocenters. The lowest BCUT2D eigenvalue weighted by Gasteiger charge is -2.31. The number of nitrogens with one attached hydrogen (secondary N) is 2. The van der Waals surface area contributed by atoms with E-state index in [1.165, 1.54) is 5.56 Å². The maximum atomic E-state index is 5.11. The molecular weight excluding hydrogens is 465 g/mol. The number of halogens is 1. The molecule has 2 N–H and O–H groups in total. The second-order valence-electron chi connectivity index (χ2n) is 6.68. The zero-order valence-corrected chi connectivity index (χ0v) is 20.6. The summed E-state index contributed by atoms with van der Waals surface area (Å²) >= 11 is 0. The van der Waals surface area contributed by atoms with Crippen molar-refractivity contribution in [1.29, 1.82) is 0 Å². The van der Waals surface area contributed by atoms with Gasteiger partial charge in [-0.05, 0) is 32.1 Å². The van der Waals surface area contributed by atoms with Gasteiger partial charge in [0.05, 0.1) is 6.04 Å². The maximum absolute atomic E-state index is 5.11. The van der Waals surface area contributed by atoms with E-state index in [4.69, 9.17) is 4.74 Å². The Kier molecular flexibility index (Phi) is 16.5. The second-order valence-corrected chi connectivity index (χ2v) is 6.68. The van der Waals surface area contributed by atoms with E-state index in [0.29, 0.717) is 6.04 Å². The fourth-order valence-corrected chi connectivity index (χ4v) is 3.17. The van der Waals surface area contributed by atoms with Gasteiger partial charge in [0, 0.05) is 46.9 Å². The molecule has 0 aromatic heterocycles. The van der Waals surface area contributed by atoms with E-state index in [1.807, 2.05) is 7.05 Å². The summed E-state index contributed by atoms with van der Waals surface area (Å²) in [5.74, 6) is 0.855. The molecule has 162 valence electrons. The van der Waals surface area contributed by atoms with Crippen molar-refractivity contribution in [2.45, 2.75) is 26.3 Å². The molecule has 28 heavy (non-hydrogen) atoms. The fourth-order valence-electron chi connectivity index (χ4n) is 3.17. The number of aliphatic imine (C=N–C) groups is 1. The van der Waals surface area contributed by atoms with Crippen LogP contribution in [0.25, 0.3) is 0 Å². The fraction of sp³-hybridized carbons (Fsp3) is 0.667. The lowest BCUT2D eigenvalue weighted by molar-refractivity contribution is 0.180.